The average Bonchev–Trinajstić information content (AvgIpc) is 3.39. The van der Waals surface area contributed by atoms with Gasteiger partial charge in [0.2, 0.25) is 0 Å². The first-order chi connectivity index (χ1) is 20.2. The molecule has 11 heteroatoms. The first-order valence-corrected chi connectivity index (χ1v) is 14.8. The van der Waals surface area contributed by atoms with E-state index in [0.29, 0.717) is 47.5 Å². The Balaban J connectivity index is 0.00000148. The lowest BCUT2D eigenvalue weighted by Gasteiger charge is -2.09. The number of aliphatic imine (C=N–C) groups is 1. The summed E-state index contributed by atoms with van der Waals surface area (Å²) < 4.78 is 16.4. The smallest absolute Gasteiger partial charge is 0.354 e. The Morgan fingerprint density at radius 2 is 1.81 bits per heavy atom. The van der Waals surface area contributed by atoms with E-state index < -0.39 is 11.5 Å². The number of hydrogen-bond acceptors (Lipinski definition) is 5. The van der Waals surface area contributed by atoms with Crippen molar-refractivity contribution in [3.05, 3.63) is 81.1 Å². The minimum atomic E-state index is -0.529. The molecule has 0 fully saturated rings. The van der Waals surface area contributed by atoms with Crippen LogP contribution in [0.2, 0.25) is 5.02 Å². The highest BCUT2D eigenvalue weighted by atomic mass is 35.5. The molecule has 1 atom stereocenters. The molecule has 2 aromatic heterocycles. The summed E-state index contributed by atoms with van der Waals surface area (Å²) in [6.45, 7) is 11.9. The monoisotopic (exact) mass is 598 g/mol. The second-order valence-corrected chi connectivity index (χ2v) is 9.75. The number of H-pyrrole nitrogens is 1. The van der Waals surface area contributed by atoms with Crippen LogP contribution in [0.5, 0.6) is 0 Å². The molecule has 8 N–H and O–H groups in total. The van der Waals surface area contributed by atoms with Gasteiger partial charge in [-0.3, -0.25) is 9.56 Å². The first kappa shape index (κ1) is 34.5. The summed E-state index contributed by atoms with van der Waals surface area (Å²) in [5.41, 5.74) is 19.9. The van der Waals surface area contributed by atoms with Gasteiger partial charge in [0.15, 0.2) is 11.8 Å². The number of nitrogens with zero attached hydrogens (tertiary/aromatic N) is 3. The van der Waals surface area contributed by atoms with Gasteiger partial charge in [0.25, 0.3) is 0 Å². The Morgan fingerprint density at radius 1 is 1.12 bits per heavy atom. The van der Waals surface area contributed by atoms with Crippen molar-refractivity contribution in [2.45, 2.75) is 66.5 Å². The molecule has 42 heavy (non-hydrogen) atoms. The van der Waals surface area contributed by atoms with Crippen molar-refractivity contribution >= 4 is 28.6 Å². The molecule has 0 aliphatic carbocycles. The Labute approximate surface area is 252 Å². The number of halogens is 2. The van der Waals surface area contributed by atoms with Gasteiger partial charge in [-0.15, -0.1) is 0 Å². The van der Waals surface area contributed by atoms with E-state index in [0.717, 1.165) is 30.5 Å². The van der Waals surface area contributed by atoms with Crippen LogP contribution < -0.4 is 28.2 Å². The summed E-state index contributed by atoms with van der Waals surface area (Å²) >= 11 is 6.18. The lowest BCUT2D eigenvalue weighted by atomic mass is 10.0. The van der Waals surface area contributed by atoms with Gasteiger partial charge in [0.05, 0.1) is 16.4 Å². The molecule has 0 unspecified atom stereocenters. The van der Waals surface area contributed by atoms with Gasteiger partial charge >= 0.3 is 5.69 Å². The maximum Gasteiger partial charge on any atom is 0.354 e. The predicted octanol–water partition coefficient (Wildman–Crippen LogP) is 5.26. The zero-order valence-corrected chi connectivity index (χ0v) is 25.9. The number of aryl methyl sites for hydroxylation is 1. The van der Waals surface area contributed by atoms with Crippen molar-refractivity contribution in [1.29, 1.82) is 0 Å². The van der Waals surface area contributed by atoms with Crippen molar-refractivity contribution in [2.24, 2.45) is 22.2 Å². The number of nitrogens with one attached hydrogen (secondary N) is 2. The van der Waals surface area contributed by atoms with E-state index in [2.05, 4.69) is 20.3 Å². The van der Waals surface area contributed by atoms with Gasteiger partial charge in [-0.25, -0.2) is 9.18 Å². The summed E-state index contributed by atoms with van der Waals surface area (Å²) in [6.07, 6.45) is 3.95. The Hall–Kier alpha value is -3.73. The topological polar surface area (TPSA) is 153 Å². The Morgan fingerprint density at radius 3 is 2.45 bits per heavy atom. The average molecular weight is 599 g/mol. The van der Waals surface area contributed by atoms with Crippen molar-refractivity contribution in [3.63, 3.8) is 0 Å². The lowest BCUT2D eigenvalue weighted by Crippen LogP contribution is -2.23. The fourth-order valence-corrected chi connectivity index (χ4v) is 4.37. The van der Waals surface area contributed by atoms with Crippen LogP contribution in [0.4, 0.5) is 4.39 Å². The molecule has 0 aliphatic heterocycles. The number of nitrogens with two attached hydrogens (primary N) is 3. The first-order valence-electron chi connectivity index (χ1n) is 14.4. The molecule has 2 heterocycles. The summed E-state index contributed by atoms with van der Waals surface area (Å²) in [4.78, 5) is 24.0. The third-order valence-corrected chi connectivity index (χ3v) is 6.40. The fraction of sp³-hybridized carbons (Fsp3) is 0.387. The number of guanidine groups is 1. The molecule has 0 radical (unpaired) electrons. The zero-order chi connectivity index (χ0) is 31.2. The second-order valence-electron chi connectivity index (χ2n) is 9.34. The van der Waals surface area contributed by atoms with Crippen LogP contribution in [-0.4, -0.2) is 39.6 Å². The number of hydrogen-bond donors (Lipinski definition) is 5. The van der Waals surface area contributed by atoms with Crippen LogP contribution in [-0.2, 0) is 13.0 Å². The molecule has 4 aromatic rings. The number of benzene rings is 2. The van der Waals surface area contributed by atoms with Crippen LogP contribution in [0.1, 0.15) is 58.6 Å². The second kappa shape index (κ2) is 17.3. The minimum Gasteiger partial charge on any atom is -0.370 e. The van der Waals surface area contributed by atoms with Gasteiger partial charge in [-0.1, -0.05) is 51.4 Å². The Kier molecular flexibility index (Phi) is 14.2. The van der Waals surface area contributed by atoms with E-state index >= 15 is 0 Å². The highest BCUT2D eigenvalue weighted by Gasteiger charge is 2.15. The fourth-order valence-electron chi connectivity index (χ4n) is 4.12. The highest BCUT2D eigenvalue weighted by molar-refractivity contribution is 6.31. The van der Waals surface area contributed by atoms with E-state index in [1.54, 1.807) is 24.4 Å². The lowest BCUT2D eigenvalue weighted by molar-refractivity contribution is 0.628. The van der Waals surface area contributed by atoms with Gasteiger partial charge in [-0.2, -0.15) is 4.98 Å². The molecular weight excluding hydrogens is 555 g/mol. The standard InChI is InChI=1S/C27H32ClFN8O.2C2H6/c1-16(30)3-4-18-11-21(24(29)22(28)12-18)23-13-19-15-37(27(38)36-25(19)35-23)20-7-5-17(6-8-20)14-33-9-2-10-34-26(31)32;2*1-2/h5-8,11-13,15-16,33H,2-4,9-10,14,30H2,1H3,(H4,31,32,34)(H,35,36,38);2*1-2H3/t16-;;/m0../s1. The van der Waals surface area contributed by atoms with Gasteiger partial charge in [0.1, 0.15) is 5.65 Å². The number of aromatic nitrogens is 3. The predicted molar refractivity (Wildman–Crippen MR) is 174 cm³/mol. The number of fused-ring (bicyclic) bond motifs is 1. The Bertz CT molecular complexity index is 1490. The van der Waals surface area contributed by atoms with Crippen LogP contribution >= 0.6 is 11.6 Å². The molecule has 0 amide bonds. The summed E-state index contributed by atoms with van der Waals surface area (Å²) in [5, 5.41) is 4.04. The molecule has 0 spiro atoms. The molecule has 0 saturated carbocycles. The van der Waals surface area contributed by atoms with E-state index in [-0.39, 0.29) is 17.0 Å². The normalized spacial score (nSPS) is 11.2. The molecule has 4 rings (SSSR count). The van der Waals surface area contributed by atoms with Gasteiger partial charge < -0.3 is 27.5 Å². The van der Waals surface area contributed by atoms with Crippen LogP contribution in [0.25, 0.3) is 28.0 Å². The summed E-state index contributed by atoms with van der Waals surface area (Å²) in [5.74, 6) is -0.434. The van der Waals surface area contributed by atoms with E-state index in [1.165, 1.54) is 4.57 Å². The summed E-state index contributed by atoms with van der Waals surface area (Å²) in [6, 6.07) is 12.8. The quantitative estimate of drug-likeness (QED) is 0.0901. The maximum atomic E-state index is 15.0. The minimum absolute atomic E-state index is 0.0257. The van der Waals surface area contributed by atoms with Gasteiger partial charge in [0, 0.05) is 36.3 Å². The van der Waals surface area contributed by atoms with Gasteiger partial charge in [-0.05, 0) is 74.2 Å². The molecule has 0 saturated heterocycles. The van der Waals surface area contributed by atoms with E-state index in [4.69, 9.17) is 28.8 Å². The molecule has 0 aliphatic rings. The molecule has 2 aromatic carbocycles. The number of aromatic amines is 1. The molecule has 9 nitrogen and oxygen atoms in total. The van der Waals surface area contributed by atoms with Crippen molar-refractivity contribution in [2.75, 3.05) is 13.1 Å². The van der Waals surface area contributed by atoms with E-state index in [1.807, 2.05) is 58.9 Å². The molecular formula is C31H44ClFN8O. The molecule has 0 bridgehead atoms. The third kappa shape index (κ3) is 9.68. The third-order valence-electron chi connectivity index (χ3n) is 6.12. The maximum absolute atomic E-state index is 15.0. The van der Waals surface area contributed by atoms with Crippen molar-refractivity contribution < 1.29 is 4.39 Å². The van der Waals surface area contributed by atoms with Crippen molar-refractivity contribution in [1.82, 2.24) is 19.9 Å². The largest absolute Gasteiger partial charge is 0.370 e. The van der Waals surface area contributed by atoms with Crippen LogP contribution in [0.15, 0.2) is 58.4 Å². The SMILES string of the molecule is CC.CC.C[C@H](N)CCc1cc(Cl)c(F)c(-c2cc3cn(-c4ccc(CNCCCN=C(N)N)cc4)c(=O)nc3[nH]2)c1. The van der Waals surface area contributed by atoms with Crippen LogP contribution in [0.3, 0.4) is 0 Å². The highest BCUT2D eigenvalue weighted by Crippen LogP contribution is 2.31. The zero-order valence-electron chi connectivity index (χ0n) is 25.2. The van der Waals surface area contributed by atoms with Crippen molar-refractivity contribution in [3.8, 4) is 16.9 Å². The van der Waals surface area contributed by atoms with E-state index in [9.17, 15) is 9.18 Å². The number of rotatable bonds is 11. The summed E-state index contributed by atoms with van der Waals surface area (Å²) in [7, 11) is 0. The van der Waals surface area contributed by atoms with Crippen LogP contribution in [0, 0.1) is 5.82 Å². The molecule has 228 valence electrons.